The number of carbonyl (C=O) groups excluding carboxylic acids is 1. The van der Waals surface area contributed by atoms with E-state index >= 15 is 0 Å². The summed E-state index contributed by atoms with van der Waals surface area (Å²) in [6, 6.07) is -0.216. The lowest BCUT2D eigenvalue weighted by Gasteiger charge is -2.23. The molecule has 18 heavy (non-hydrogen) atoms. The van der Waals surface area contributed by atoms with Gasteiger partial charge in [0.05, 0.1) is 11.5 Å². The van der Waals surface area contributed by atoms with Crippen molar-refractivity contribution in [1.82, 2.24) is 10.6 Å². The zero-order valence-corrected chi connectivity index (χ0v) is 11.5. The lowest BCUT2D eigenvalue weighted by molar-refractivity contribution is -0.121. The first kappa shape index (κ1) is 13.8. The van der Waals surface area contributed by atoms with Crippen LogP contribution in [0.3, 0.4) is 0 Å². The molecule has 6 heteroatoms. The number of amides is 1. The highest BCUT2D eigenvalue weighted by atomic mass is 32.2. The fraction of sp³-hybridized carbons (Fsp3) is 0.917. The van der Waals surface area contributed by atoms with Crippen LogP contribution < -0.4 is 10.6 Å². The molecule has 2 aliphatic rings. The van der Waals surface area contributed by atoms with Crippen molar-refractivity contribution in [1.29, 1.82) is 0 Å². The first-order valence-corrected chi connectivity index (χ1v) is 8.58. The van der Waals surface area contributed by atoms with Crippen LogP contribution in [0.25, 0.3) is 0 Å². The molecule has 0 aromatic carbocycles. The molecule has 0 aromatic heterocycles. The molecule has 104 valence electrons. The molecule has 1 amide bonds. The third-order valence-electron chi connectivity index (χ3n) is 3.54. The molecule has 1 saturated heterocycles. The van der Waals surface area contributed by atoms with Gasteiger partial charge in [0.15, 0.2) is 9.84 Å². The van der Waals surface area contributed by atoms with Crippen molar-refractivity contribution in [2.24, 2.45) is 5.92 Å². The summed E-state index contributed by atoms with van der Waals surface area (Å²) in [5.74, 6) is 1.13. The van der Waals surface area contributed by atoms with Gasteiger partial charge in [0.25, 0.3) is 0 Å². The number of carbonyl (C=O) groups is 1. The van der Waals surface area contributed by atoms with Gasteiger partial charge in [-0.2, -0.15) is 0 Å². The minimum absolute atomic E-state index is 0.0413. The predicted octanol–water partition coefficient (Wildman–Crippen LogP) is 0.0695. The molecule has 1 aliphatic carbocycles. The Morgan fingerprint density at radius 3 is 2.78 bits per heavy atom. The monoisotopic (exact) mass is 274 g/mol. The highest BCUT2D eigenvalue weighted by Gasteiger charge is 2.26. The first-order valence-electron chi connectivity index (χ1n) is 6.76. The Morgan fingerprint density at radius 1 is 1.33 bits per heavy atom. The number of hydrogen-bond donors (Lipinski definition) is 2. The molecule has 0 radical (unpaired) electrons. The van der Waals surface area contributed by atoms with Gasteiger partial charge in [-0.3, -0.25) is 4.79 Å². The van der Waals surface area contributed by atoms with E-state index < -0.39 is 9.84 Å². The van der Waals surface area contributed by atoms with Gasteiger partial charge < -0.3 is 10.6 Å². The van der Waals surface area contributed by atoms with E-state index in [2.05, 4.69) is 10.6 Å². The fourth-order valence-electron chi connectivity index (χ4n) is 2.32. The minimum atomic E-state index is -2.95. The summed E-state index contributed by atoms with van der Waals surface area (Å²) in [7, 11) is -2.95. The zero-order valence-electron chi connectivity index (χ0n) is 10.7. The van der Waals surface area contributed by atoms with Gasteiger partial charge in [0, 0.05) is 25.6 Å². The molecule has 0 bridgehead atoms. The number of sulfone groups is 1. The Kier molecular flexibility index (Phi) is 4.61. The van der Waals surface area contributed by atoms with Gasteiger partial charge in [-0.15, -0.1) is 0 Å². The third kappa shape index (κ3) is 4.94. The highest BCUT2D eigenvalue weighted by molar-refractivity contribution is 7.91. The van der Waals surface area contributed by atoms with Crippen LogP contribution in [0.1, 0.15) is 32.1 Å². The van der Waals surface area contributed by atoms with E-state index in [1.165, 1.54) is 19.3 Å². The Bertz CT molecular complexity index is 390. The molecule has 5 nitrogen and oxygen atoms in total. The molecule has 1 unspecified atom stereocenters. The smallest absolute Gasteiger partial charge is 0.221 e. The van der Waals surface area contributed by atoms with E-state index in [4.69, 9.17) is 0 Å². The van der Waals surface area contributed by atoms with Crippen molar-refractivity contribution in [2.45, 2.75) is 38.1 Å². The van der Waals surface area contributed by atoms with Gasteiger partial charge in [-0.25, -0.2) is 8.42 Å². The van der Waals surface area contributed by atoms with Gasteiger partial charge in [-0.05, 0) is 18.8 Å². The molecule has 2 rings (SSSR count). The van der Waals surface area contributed by atoms with Gasteiger partial charge in [-0.1, -0.05) is 12.8 Å². The SMILES string of the molecule is O=C(CC1CS(=O)(=O)CCN1)NCCCC1CC1. The summed E-state index contributed by atoms with van der Waals surface area (Å²) in [6.45, 7) is 1.18. The largest absolute Gasteiger partial charge is 0.356 e. The molecular formula is C12H22N2O3S. The van der Waals surface area contributed by atoms with E-state index in [0.29, 0.717) is 6.54 Å². The van der Waals surface area contributed by atoms with Crippen LogP contribution >= 0.6 is 0 Å². The van der Waals surface area contributed by atoms with Crippen LogP contribution in [0.15, 0.2) is 0 Å². The minimum Gasteiger partial charge on any atom is -0.356 e. The standard InChI is InChI=1S/C12H22N2O3S/c15-12(14-5-1-2-10-3-4-10)8-11-9-18(16,17)7-6-13-11/h10-11,13H,1-9H2,(H,14,15). The van der Waals surface area contributed by atoms with Crippen LogP contribution in [0.2, 0.25) is 0 Å². The van der Waals surface area contributed by atoms with Crippen LogP contribution in [0.4, 0.5) is 0 Å². The maximum atomic E-state index is 11.6. The highest BCUT2D eigenvalue weighted by Crippen LogP contribution is 2.33. The summed E-state index contributed by atoms with van der Waals surface area (Å²) in [5.41, 5.74) is 0. The lowest BCUT2D eigenvalue weighted by Crippen LogP contribution is -2.47. The molecule has 1 atom stereocenters. The molecule has 1 heterocycles. The van der Waals surface area contributed by atoms with Gasteiger partial charge in [0.1, 0.15) is 0 Å². The van der Waals surface area contributed by atoms with Crippen LogP contribution in [0.5, 0.6) is 0 Å². The van der Waals surface area contributed by atoms with E-state index in [1.807, 2.05) is 0 Å². The van der Waals surface area contributed by atoms with E-state index in [1.54, 1.807) is 0 Å². The number of nitrogens with one attached hydrogen (secondary N) is 2. The van der Waals surface area contributed by atoms with Crippen molar-refractivity contribution < 1.29 is 13.2 Å². The number of rotatable bonds is 6. The average Bonchev–Trinajstić information content (AvgIpc) is 3.07. The predicted molar refractivity (Wildman–Crippen MR) is 70.0 cm³/mol. The van der Waals surface area contributed by atoms with Crippen LogP contribution in [0, 0.1) is 5.92 Å². The first-order chi connectivity index (χ1) is 8.55. The summed E-state index contributed by atoms with van der Waals surface area (Å²) in [6.07, 6.45) is 5.20. The summed E-state index contributed by atoms with van der Waals surface area (Å²) < 4.78 is 22.8. The topological polar surface area (TPSA) is 75.3 Å². The Hall–Kier alpha value is -0.620. The van der Waals surface area contributed by atoms with E-state index in [9.17, 15) is 13.2 Å². The second kappa shape index (κ2) is 6.02. The Balaban J connectivity index is 1.60. The van der Waals surface area contributed by atoms with E-state index in [0.717, 1.165) is 18.9 Å². The average molecular weight is 274 g/mol. The van der Waals surface area contributed by atoms with Crippen LogP contribution in [-0.4, -0.2) is 45.0 Å². The van der Waals surface area contributed by atoms with Crippen molar-refractivity contribution in [3.63, 3.8) is 0 Å². The fourth-order valence-corrected chi connectivity index (χ4v) is 3.76. The molecule has 2 N–H and O–H groups in total. The van der Waals surface area contributed by atoms with E-state index in [-0.39, 0.29) is 29.9 Å². The lowest BCUT2D eigenvalue weighted by atomic mass is 10.2. The summed E-state index contributed by atoms with van der Waals surface area (Å²) in [5, 5.41) is 5.95. The number of hydrogen-bond acceptors (Lipinski definition) is 4. The van der Waals surface area contributed by atoms with Crippen molar-refractivity contribution in [2.75, 3.05) is 24.6 Å². The van der Waals surface area contributed by atoms with Crippen molar-refractivity contribution in [3.05, 3.63) is 0 Å². The van der Waals surface area contributed by atoms with Gasteiger partial charge >= 0.3 is 0 Å². The molecule has 0 spiro atoms. The second-order valence-corrected chi connectivity index (χ2v) is 7.63. The maximum absolute atomic E-state index is 11.6. The summed E-state index contributed by atoms with van der Waals surface area (Å²) in [4.78, 5) is 11.6. The van der Waals surface area contributed by atoms with Gasteiger partial charge in [0.2, 0.25) is 5.91 Å². The molecule has 1 saturated carbocycles. The Labute approximate surface area is 109 Å². The summed E-state index contributed by atoms with van der Waals surface area (Å²) >= 11 is 0. The molecular weight excluding hydrogens is 252 g/mol. The molecule has 1 aliphatic heterocycles. The quantitative estimate of drug-likeness (QED) is 0.672. The third-order valence-corrected chi connectivity index (χ3v) is 5.28. The molecule has 2 fully saturated rings. The Morgan fingerprint density at radius 2 is 2.11 bits per heavy atom. The maximum Gasteiger partial charge on any atom is 0.221 e. The van der Waals surface area contributed by atoms with Crippen molar-refractivity contribution in [3.8, 4) is 0 Å². The zero-order chi connectivity index (χ0) is 13.0. The normalized spacial score (nSPS) is 26.8. The van der Waals surface area contributed by atoms with Crippen LogP contribution in [-0.2, 0) is 14.6 Å². The van der Waals surface area contributed by atoms with Crippen molar-refractivity contribution >= 4 is 15.7 Å². The molecule has 0 aromatic rings. The second-order valence-electron chi connectivity index (χ2n) is 5.41.